The first kappa shape index (κ1) is 20.7. The summed E-state index contributed by atoms with van der Waals surface area (Å²) in [6.07, 6.45) is 0.283. The summed E-state index contributed by atoms with van der Waals surface area (Å²) in [6.45, 7) is 1.14. The lowest BCUT2D eigenvalue weighted by molar-refractivity contribution is -0.132. The average molecular weight is 465 g/mol. The van der Waals surface area contributed by atoms with E-state index in [9.17, 15) is 18.0 Å². The first-order valence-corrected chi connectivity index (χ1v) is 11.2. The normalized spacial score (nSPS) is 15.4. The second kappa shape index (κ2) is 8.98. The van der Waals surface area contributed by atoms with Gasteiger partial charge in [-0.2, -0.15) is 4.31 Å². The number of hydrogen-bond acceptors (Lipinski definition) is 4. The summed E-state index contributed by atoms with van der Waals surface area (Å²) < 4.78 is 27.6. The molecular formula is C20H21BrN2O4S. The Labute approximate surface area is 173 Å². The molecule has 0 bridgehead atoms. The van der Waals surface area contributed by atoms with Gasteiger partial charge in [-0.1, -0.05) is 52.3 Å². The fraction of sp³-hybridized carbons (Fsp3) is 0.300. The van der Waals surface area contributed by atoms with E-state index in [0.29, 0.717) is 23.1 Å². The van der Waals surface area contributed by atoms with Gasteiger partial charge in [0.05, 0.1) is 4.90 Å². The van der Waals surface area contributed by atoms with E-state index in [0.717, 1.165) is 0 Å². The highest BCUT2D eigenvalue weighted by molar-refractivity contribution is 9.10. The van der Waals surface area contributed by atoms with Crippen LogP contribution in [0.3, 0.4) is 0 Å². The second-order valence-corrected chi connectivity index (χ2v) is 9.39. The number of halogens is 1. The third-order valence-corrected chi connectivity index (χ3v) is 7.07. The highest BCUT2D eigenvalue weighted by atomic mass is 79.9. The van der Waals surface area contributed by atoms with Crippen LogP contribution in [0, 0.1) is 0 Å². The van der Waals surface area contributed by atoms with Crippen LogP contribution < -0.4 is 0 Å². The molecule has 2 aromatic rings. The molecule has 8 heteroatoms. The van der Waals surface area contributed by atoms with Crippen molar-refractivity contribution in [2.45, 2.75) is 17.7 Å². The van der Waals surface area contributed by atoms with E-state index in [1.807, 2.05) is 6.07 Å². The van der Waals surface area contributed by atoms with E-state index in [1.165, 1.54) is 4.31 Å². The summed E-state index contributed by atoms with van der Waals surface area (Å²) in [5.41, 5.74) is 0.597. The fourth-order valence-corrected chi connectivity index (χ4v) is 5.12. The van der Waals surface area contributed by atoms with E-state index in [2.05, 4.69) is 15.9 Å². The Hall–Kier alpha value is -2.03. The van der Waals surface area contributed by atoms with Crippen LogP contribution >= 0.6 is 15.9 Å². The van der Waals surface area contributed by atoms with Gasteiger partial charge in [-0.25, -0.2) is 8.42 Å². The van der Waals surface area contributed by atoms with Crippen LogP contribution in [0.4, 0.5) is 0 Å². The van der Waals surface area contributed by atoms with Gasteiger partial charge in [-0.3, -0.25) is 9.59 Å². The Bertz CT molecular complexity index is 955. The Balaban J connectivity index is 1.53. The Morgan fingerprint density at radius 1 is 0.893 bits per heavy atom. The van der Waals surface area contributed by atoms with Gasteiger partial charge >= 0.3 is 0 Å². The number of carbonyl (C=O) groups excluding carboxylic acids is 2. The van der Waals surface area contributed by atoms with Gasteiger partial charge in [0.2, 0.25) is 15.9 Å². The van der Waals surface area contributed by atoms with Crippen LogP contribution in [0.15, 0.2) is 64.0 Å². The molecule has 0 N–H and O–H groups in total. The van der Waals surface area contributed by atoms with Gasteiger partial charge < -0.3 is 4.90 Å². The van der Waals surface area contributed by atoms with Crippen molar-refractivity contribution in [3.63, 3.8) is 0 Å². The van der Waals surface area contributed by atoms with Crippen molar-refractivity contribution in [2.24, 2.45) is 0 Å². The maximum atomic E-state index is 12.7. The summed E-state index contributed by atoms with van der Waals surface area (Å²) in [7, 11) is -3.58. The number of sulfonamides is 1. The van der Waals surface area contributed by atoms with Crippen molar-refractivity contribution in [3.05, 3.63) is 64.6 Å². The number of carbonyl (C=O) groups is 2. The molecule has 0 spiro atoms. The molecule has 28 heavy (non-hydrogen) atoms. The van der Waals surface area contributed by atoms with E-state index in [4.69, 9.17) is 0 Å². The molecule has 0 aromatic heterocycles. The van der Waals surface area contributed by atoms with Gasteiger partial charge in [0.1, 0.15) is 0 Å². The molecule has 148 valence electrons. The molecule has 1 aliphatic rings. The van der Waals surface area contributed by atoms with E-state index in [1.54, 1.807) is 53.4 Å². The van der Waals surface area contributed by atoms with Crippen molar-refractivity contribution in [1.82, 2.24) is 9.21 Å². The quantitative estimate of drug-likeness (QED) is 0.615. The molecule has 2 aromatic carbocycles. The largest absolute Gasteiger partial charge is 0.340 e. The SMILES string of the molecule is O=C(CCC(=O)N1CCN(S(=O)(=O)c2cccc(Br)c2)CC1)c1ccccc1. The molecule has 1 heterocycles. The number of benzene rings is 2. The predicted octanol–water partition coefficient (Wildman–Crippen LogP) is 2.95. The van der Waals surface area contributed by atoms with E-state index < -0.39 is 10.0 Å². The number of amides is 1. The molecule has 0 unspecified atom stereocenters. The molecule has 1 fully saturated rings. The lowest BCUT2D eigenvalue weighted by atomic mass is 10.1. The lowest BCUT2D eigenvalue weighted by Crippen LogP contribution is -2.50. The number of hydrogen-bond donors (Lipinski definition) is 0. The number of rotatable bonds is 6. The molecule has 1 aliphatic heterocycles. The number of nitrogens with zero attached hydrogens (tertiary/aromatic N) is 2. The Morgan fingerprint density at radius 3 is 2.21 bits per heavy atom. The highest BCUT2D eigenvalue weighted by Crippen LogP contribution is 2.21. The smallest absolute Gasteiger partial charge is 0.243 e. The molecule has 0 radical (unpaired) electrons. The molecule has 3 rings (SSSR count). The lowest BCUT2D eigenvalue weighted by Gasteiger charge is -2.34. The van der Waals surface area contributed by atoms with Gasteiger partial charge in [-0.15, -0.1) is 0 Å². The van der Waals surface area contributed by atoms with Crippen molar-refractivity contribution < 1.29 is 18.0 Å². The maximum absolute atomic E-state index is 12.7. The van der Waals surface area contributed by atoms with E-state index >= 15 is 0 Å². The summed E-state index contributed by atoms with van der Waals surface area (Å²) in [5.74, 6) is -0.186. The van der Waals surface area contributed by atoms with Gasteiger partial charge in [-0.05, 0) is 18.2 Å². The zero-order valence-corrected chi connectivity index (χ0v) is 17.7. The van der Waals surface area contributed by atoms with Crippen molar-refractivity contribution in [3.8, 4) is 0 Å². The maximum Gasteiger partial charge on any atom is 0.243 e. The van der Waals surface area contributed by atoms with E-state index in [-0.39, 0.29) is 42.5 Å². The first-order valence-electron chi connectivity index (χ1n) is 8.99. The van der Waals surface area contributed by atoms with Crippen LogP contribution in [-0.2, 0) is 14.8 Å². The molecule has 6 nitrogen and oxygen atoms in total. The Morgan fingerprint density at radius 2 is 1.57 bits per heavy atom. The second-order valence-electron chi connectivity index (χ2n) is 6.53. The molecular weight excluding hydrogens is 444 g/mol. The van der Waals surface area contributed by atoms with Gasteiger partial charge in [0.15, 0.2) is 5.78 Å². The first-order chi connectivity index (χ1) is 13.4. The van der Waals surface area contributed by atoms with Crippen LogP contribution in [0.25, 0.3) is 0 Å². The van der Waals surface area contributed by atoms with Crippen molar-refractivity contribution in [2.75, 3.05) is 26.2 Å². The van der Waals surface area contributed by atoms with Crippen LogP contribution in [0.5, 0.6) is 0 Å². The number of ketones is 1. The summed E-state index contributed by atoms with van der Waals surface area (Å²) in [4.78, 5) is 26.4. The predicted molar refractivity (Wildman–Crippen MR) is 109 cm³/mol. The standard InChI is InChI=1S/C20H21BrN2O4S/c21-17-7-4-8-18(15-17)28(26,27)23-13-11-22(12-14-23)20(25)10-9-19(24)16-5-2-1-3-6-16/h1-8,15H,9-14H2. The molecule has 0 atom stereocenters. The third-order valence-electron chi connectivity index (χ3n) is 4.69. The van der Waals surface area contributed by atoms with Crippen molar-refractivity contribution >= 4 is 37.6 Å². The fourth-order valence-electron chi connectivity index (χ4n) is 3.10. The van der Waals surface area contributed by atoms with Crippen LogP contribution in [0.1, 0.15) is 23.2 Å². The topological polar surface area (TPSA) is 74.8 Å². The Kier molecular flexibility index (Phi) is 6.64. The number of Topliss-reactive ketones (excluding diaryl/α,β-unsaturated/α-hetero) is 1. The molecule has 0 saturated carbocycles. The van der Waals surface area contributed by atoms with Crippen LogP contribution in [0.2, 0.25) is 0 Å². The molecule has 1 saturated heterocycles. The summed E-state index contributed by atoms with van der Waals surface area (Å²) in [5, 5.41) is 0. The molecule has 0 aliphatic carbocycles. The zero-order chi connectivity index (χ0) is 20.1. The highest BCUT2D eigenvalue weighted by Gasteiger charge is 2.30. The summed E-state index contributed by atoms with van der Waals surface area (Å²) in [6, 6.07) is 15.5. The summed E-state index contributed by atoms with van der Waals surface area (Å²) >= 11 is 3.29. The van der Waals surface area contributed by atoms with Crippen molar-refractivity contribution in [1.29, 1.82) is 0 Å². The minimum absolute atomic E-state index is 0.0650. The van der Waals surface area contributed by atoms with Crippen LogP contribution in [-0.4, -0.2) is 55.5 Å². The van der Waals surface area contributed by atoms with Gasteiger partial charge in [0.25, 0.3) is 0 Å². The van der Waals surface area contributed by atoms with Gasteiger partial charge in [0, 0.05) is 49.1 Å². The third kappa shape index (κ3) is 4.87. The molecule has 1 amide bonds. The number of piperazine rings is 1. The minimum atomic E-state index is -3.58. The minimum Gasteiger partial charge on any atom is -0.340 e. The average Bonchev–Trinajstić information content (AvgIpc) is 2.72. The zero-order valence-electron chi connectivity index (χ0n) is 15.3. The monoisotopic (exact) mass is 464 g/mol.